The fraction of sp³-hybridized carbons (Fsp3) is 0.733. The van der Waals surface area contributed by atoms with Crippen molar-refractivity contribution in [3.05, 3.63) is 11.9 Å². The molecule has 112 valence electrons. The second kappa shape index (κ2) is 5.95. The van der Waals surface area contributed by atoms with E-state index in [4.69, 9.17) is 4.74 Å². The van der Waals surface area contributed by atoms with Gasteiger partial charge in [0.25, 0.3) is 0 Å². The third kappa shape index (κ3) is 3.20. The van der Waals surface area contributed by atoms with Crippen LogP contribution < -0.4 is 10.6 Å². The lowest BCUT2D eigenvalue weighted by Gasteiger charge is -2.29. The normalized spacial score (nSPS) is 26.0. The number of aromatic nitrogens is 2. The van der Waals surface area contributed by atoms with Crippen molar-refractivity contribution in [3.63, 3.8) is 0 Å². The Bertz CT molecular complexity index is 463. The Labute approximate surface area is 121 Å². The van der Waals surface area contributed by atoms with Crippen molar-refractivity contribution in [2.24, 2.45) is 0 Å². The Hall–Kier alpha value is -1.36. The van der Waals surface area contributed by atoms with E-state index >= 15 is 0 Å². The highest BCUT2D eigenvalue weighted by atomic mass is 16.5. The highest BCUT2D eigenvalue weighted by Crippen LogP contribution is 2.29. The van der Waals surface area contributed by atoms with Crippen LogP contribution >= 0.6 is 0 Å². The molecule has 0 radical (unpaired) electrons. The van der Waals surface area contributed by atoms with Gasteiger partial charge < -0.3 is 15.4 Å². The largest absolute Gasteiger partial charge is 0.376 e. The minimum atomic E-state index is -0.0634. The van der Waals surface area contributed by atoms with Gasteiger partial charge in [-0.25, -0.2) is 9.97 Å². The molecule has 0 aliphatic carbocycles. The molecule has 2 unspecified atom stereocenters. The molecule has 1 aliphatic heterocycles. The minimum Gasteiger partial charge on any atom is -0.376 e. The zero-order valence-electron chi connectivity index (χ0n) is 13.2. The van der Waals surface area contributed by atoms with Crippen LogP contribution in [0.15, 0.2) is 6.07 Å². The maximum atomic E-state index is 5.67. The first-order valence-corrected chi connectivity index (χ1v) is 7.47. The summed E-state index contributed by atoms with van der Waals surface area (Å²) in [5.74, 6) is 2.92. The van der Waals surface area contributed by atoms with Crippen molar-refractivity contribution >= 4 is 11.6 Å². The van der Waals surface area contributed by atoms with E-state index < -0.39 is 0 Å². The smallest absolute Gasteiger partial charge is 0.135 e. The zero-order chi connectivity index (χ0) is 14.8. The quantitative estimate of drug-likeness (QED) is 0.867. The molecule has 0 aromatic carbocycles. The standard InChI is InChI=1S/C15H26N4O/c1-6-16-12-9-13(18-14(17-12)10(2)3)19-15(5)7-8-20-11(15)4/h9-11H,6-8H2,1-5H3,(H2,16,17,18,19). The monoisotopic (exact) mass is 278 g/mol. The molecule has 0 amide bonds. The molecule has 5 heteroatoms. The molecule has 0 saturated carbocycles. The highest BCUT2D eigenvalue weighted by molar-refractivity contribution is 5.49. The summed E-state index contributed by atoms with van der Waals surface area (Å²) in [6, 6.07) is 1.98. The van der Waals surface area contributed by atoms with Crippen LogP contribution in [0.25, 0.3) is 0 Å². The summed E-state index contributed by atoms with van der Waals surface area (Å²) in [5.41, 5.74) is -0.0634. The zero-order valence-corrected chi connectivity index (χ0v) is 13.2. The SMILES string of the molecule is CCNc1cc(NC2(C)CCOC2C)nc(C(C)C)n1. The number of rotatable bonds is 5. The van der Waals surface area contributed by atoms with Crippen LogP contribution in [-0.4, -0.2) is 34.8 Å². The predicted molar refractivity (Wildman–Crippen MR) is 82.3 cm³/mol. The first-order valence-electron chi connectivity index (χ1n) is 7.47. The van der Waals surface area contributed by atoms with Crippen LogP contribution in [0.2, 0.25) is 0 Å². The molecule has 1 aromatic rings. The number of nitrogens with zero attached hydrogens (tertiary/aromatic N) is 2. The van der Waals surface area contributed by atoms with E-state index in [0.29, 0.717) is 5.92 Å². The van der Waals surface area contributed by atoms with Gasteiger partial charge in [-0.05, 0) is 27.2 Å². The van der Waals surface area contributed by atoms with E-state index in [-0.39, 0.29) is 11.6 Å². The van der Waals surface area contributed by atoms with Crippen molar-refractivity contribution in [3.8, 4) is 0 Å². The van der Waals surface area contributed by atoms with E-state index in [9.17, 15) is 0 Å². The van der Waals surface area contributed by atoms with Gasteiger partial charge in [0.15, 0.2) is 0 Å². The van der Waals surface area contributed by atoms with Crippen LogP contribution in [0.4, 0.5) is 11.6 Å². The fourth-order valence-corrected chi connectivity index (χ4v) is 2.35. The van der Waals surface area contributed by atoms with Gasteiger partial charge >= 0.3 is 0 Å². The highest BCUT2D eigenvalue weighted by Gasteiger charge is 2.37. The summed E-state index contributed by atoms with van der Waals surface area (Å²) in [4.78, 5) is 9.19. The molecule has 2 N–H and O–H groups in total. The van der Waals surface area contributed by atoms with Crippen molar-refractivity contribution in [1.29, 1.82) is 0 Å². The number of anilines is 2. The van der Waals surface area contributed by atoms with Crippen LogP contribution in [0, 0.1) is 0 Å². The molecule has 20 heavy (non-hydrogen) atoms. The maximum Gasteiger partial charge on any atom is 0.135 e. The number of hydrogen-bond acceptors (Lipinski definition) is 5. The summed E-state index contributed by atoms with van der Waals surface area (Å²) >= 11 is 0. The Balaban J connectivity index is 2.26. The lowest BCUT2D eigenvalue weighted by atomic mass is 9.95. The average molecular weight is 278 g/mol. The summed E-state index contributed by atoms with van der Waals surface area (Å²) in [6.07, 6.45) is 1.17. The Morgan fingerprint density at radius 3 is 2.65 bits per heavy atom. The summed E-state index contributed by atoms with van der Waals surface area (Å²) in [7, 11) is 0. The third-order valence-corrected chi connectivity index (χ3v) is 3.92. The molecule has 1 aliphatic rings. The molecule has 0 bridgehead atoms. The second-order valence-electron chi connectivity index (χ2n) is 5.99. The summed E-state index contributed by atoms with van der Waals surface area (Å²) in [6.45, 7) is 12.2. The van der Waals surface area contributed by atoms with Gasteiger partial charge in [0.1, 0.15) is 17.5 Å². The fourth-order valence-electron chi connectivity index (χ4n) is 2.35. The van der Waals surface area contributed by atoms with E-state index in [2.05, 4.69) is 55.2 Å². The molecular weight excluding hydrogens is 252 g/mol. The predicted octanol–water partition coefficient (Wildman–Crippen LogP) is 3.01. The molecule has 2 rings (SSSR count). The van der Waals surface area contributed by atoms with Gasteiger partial charge in [-0.15, -0.1) is 0 Å². The van der Waals surface area contributed by atoms with Crippen molar-refractivity contribution in [2.75, 3.05) is 23.8 Å². The van der Waals surface area contributed by atoms with Gasteiger partial charge in [-0.3, -0.25) is 0 Å². The van der Waals surface area contributed by atoms with E-state index in [1.54, 1.807) is 0 Å². The van der Waals surface area contributed by atoms with Crippen LogP contribution in [0.5, 0.6) is 0 Å². The summed E-state index contributed by atoms with van der Waals surface area (Å²) < 4.78 is 5.67. The molecule has 2 atom stereocenters. The van der Waals surface area contributed by atoms with Gasteiger partial charge in [0.2, 0.25) is 0 Å². The topological polar surface area (TPSA) is 59.1 Å². The minimum absolute atomic E-state index is 0.0634. The van der Waals surface area contributed by atoms with Crippen molar-refractivity contribution < 1.29 is 4.74 Å². The second-order valence-corrected chi connectivity index (χ2v) is 5.99. The Morgan fingerprint density at radius 1 is 1.40 bits per heavy atom. The van der Waals surface area contributed by atoms with Crippen LogP contribution in [-0.2, 0) is 4.74 Å². The van der Waals surface area contributed by atoms with E-state index in [1.807, 2.05) is 6.07 Å². The summed E-state index contributed by atoms with van der Waals surface area (Å²) in [5, 5.41) is 6.81. The lowest BCUT2D eigenvalue weighted by Crippen LogP contribution is -2.41. The van der Waals surface area contributed by atoms with Crippen molar-refractivity contribution in [2.45, 2.75) is 58.6 Å². The number of hydrogen-bond donors (Lipinski definition) is 2. The molecule has 0 spiro atoms. The first kappa shape index (κ1) is 15.0. The van der Waals surface area contributed by atoms with Crippen molar-refractivity contribution in [1.82, 2.24) is 9.97 Å². The molecule has 5 nitrogen and oxygen atoms in total. The molecule has 2 heterocycles. The lowest BCUT2D eigenvalue weighted by molar-refractivity contribution is 0.105. The van der Waals surface area contributed by atoms with Gasteiger partial charge in [-0.1, -0.05) is 13.8 Å². The maximum absolute atomic E-state index is 5.67. The van der Waals surface area contributed by atoms with Crippen LogP contribution in [0.3, 0.4) is 0 Å². The number of ether oxygens (including phenoxy) is 1. The van der Waals surface area contributed by atoms with E-state index in [0.717, 1.165) is 37.0 Å². The Kier molecular flexibility index (Phi) is 4.48. The van der Waals surface area contributed by atoms with Crippen LogP contribution in [0.1, 0.15) is 52.8 Å². The Morgan fingerprint density at radius 2 is 2.10 bits per heavy atom. The van der Waals surface area contributed by atoms with E-state index in [1.165, 1.54) is 0 Å². The van der Waals surface area contributed by atoms with Gasteiger partial charge in [0, 0.05) is 25.1 Å². The van der Waals surface area contributed by atoms with Gasteiger partial charge in [-0.2, -0.15) is 0 Å². The molecule has 1 aromatic heterocycles. The molecule has 1 saturated heterocycles. The third-order valence-electron chi connectivity index (χ3n) is 3.92. The number of nitrogens with one attached hydrogen (secondary N) is 2. The molecule has 1 fully saturated rings. The average Bonchev–Trinajstić information content (AvgIpc) is 2.69. The van der Waals surface area contributed by atoms with Gasteiger partial charge in [0.05, 0.1) is 11.6 Å². The molecular formula is C15H26N4O. The first-order chi connectivity index (χ1) is 9.44.